The zero-order chi connectivity index (χ0) is 16.1. The molecule has 2 aromatic carbocycles. The van der Waals surface area contributed by atoms with Crippen molar-refractivity contribution in [1.29, 1.82) is 0 Å². The first-order chi connectivity index (χ1) is 11.3. The van der Waals surface area contributed by atoms with Gasteiger partial charge < -0.3 is 14.0 Å². The minimum absolute atomic E-state index is 0.405. The first kappa shape index (κ1) is 15.8. The van der Waals surface area contributed by atoms with E-state index in [1.54, 1.807) is 0 Å². The Morgan fingerprint density at radius 2 is 1.96 bits per heavy atom. The second-order valence-electron chi connectivity index (χ2n) is 5.11. The van der Waals surface area contributed by atoms with Gasteiger partial charge in [0.25, 0.3) is 0 Å². The van der Waals surface area contributed by atoms with Gasteiger partial charge >= 0.3 is 0 Å². The lowest BCUT2D eigenvalue weighted by Crippen LogP contribution is -2.11. The third-order valence-electron chi connectivity index (χ3n) is 3.56. The van der Waals surface area contributed by atoms with E-state index in [9.17, 15) is 0 Å². The number of hydrogen-bond donors (Lipinski definition) is 0. The number of benzene rings is 2. The molecule has 0 fully saturated rings. The normalized spacial score (nSPS) is 11.0. The molecule has 0 bridgehead atoms. The predicted octanol–water partition coefficient (Wildman–Crippen LogP) is 4.31. The topological polar surface area (TPSA) is 36.3 Å². The summed E-state index contributed by atoms with van der Waals surface area (Å²) < 4.78 is 13.5. The van der Waals surface area contributed by atoms with Crippen LogP contribution in [-0.4, -0.2) is 22.8 Å². The van der Waals surface area contributed by atoms with Gasteiger partial charge in [0.1, 0.15) is 18.2 Å². The van der Waals surface area contributed by atoms with Crippen LogP contribution in [0.2, 0.25) is 5.02 Å². The molecule has 0 unspecified atom stereocenters. The van der Waals surface area contributed by atoms with Crippen LogP contribution in [0.15, 0.2) is 48.5 Å². The lowest BCUT2D eigenvalue weighted by Gasteiger charge is -2.10. The highest BCUT2D eigenvalue weighted by molar-refractivity contribution is 6.31. The zero-order valence-electron chi connectivity index (χ0n) is 13.0. The van der Waals surface area contributed by atoms with E-state index in [4.69, 9.17) is 21.1 Å². The van der Waals surface area contributed by atoms with Gasteiger partial charge in [-0.05, 0) is 37.3 Å². The van der Waals surface area contributed by atoms with Crippen LogP contribution >= 0.6 is 11.6 Å². The van der Waals surface area contributed by atoms with Gasteiger partial charge in [0, 0.05) is 18.2 Å². The maximum Gasteiger partial charge on any atom is 0.148 e. The van der Waals surface area contributed by atoms with E-state index in [0.29, 0.717) is 24.8 Å². The summed E-state index contributed by atoms with van der Waals surface area (Å²) >= 11 is 6.07. The Bertz CT molecular complexity index is 771. The summed E-state index contributed by atoms with van der Waals surface area (Å²) in [5.74, 6) is 1.69. The number of ether oxygens (including phenoxy) is 2. The fourth-order valence-electron chi connectivity index (χ4n) is 2.48. The van der Waals surface area contributed by atoms with E-state index < -0.39 is 0 Å². The van der Waals surface area contributed by atoms with Crippen molar-refractivity contribution in [1.82, 2.24) is 9.55 Å². The third kappa shape index (κ3) is 3.84. The summed E-state index contributed by atoms with van der Waals surface area (Å²) in [6, 6.07) is 15.5. The van der Waals surface area contributed by atoms with E-state index in [2.05, 4.69) is 9.55 Å². The lowest BCUT2D eigenvalue weighted by molar-refractivity contribution is 0.138. The Labute approximate surface area is 140 Å². The van der Waals surface area contributed by atoms with Crippen molar-refractivity contribution in [2.24, 2.45) is 0 Å². The van der Waals surface area contributed by atoms with Crippen molar-refractivity contribution in [3.05, 3.63) is 59.4 Å². The lowest BCUT2D eigenvalue weighted by atomic mass is 10.3. The maximum absolute atomic E-state index is 6.07. The maximum atomic E-state index is 6.07. The molecule has 0 aliphatic carbocycles. The molecule has 0 saturated carbocycles. The first-order valence-corrected chi connectivity index (χ1v) is 8.06. The van der Waals surface area contributed by atoms with Gasteiger partial charge in [0.15, 0.2) is 0 Å². The van der Waals surface area contributed by atoms with Gasteiger partial charge in [-0.1, -0.05) is 29.8 Å². The Hall–Kier alpha value is -2.04. The van der Waals surface area contributed by atoms with Gasteiger partial charge in [-0.3, -0.25) is 0 Å². The molecule has 0 amide bonds. The van der Waals surface area contributed by atoms with Gasteiger partial charge in [-0.2, -0.15) is 0 Å². The molecule has 1 aromatic heterocycles. The van der Waals surface area contributed by atoms with Crippen LogP contribution in [0.4, 0.5) is 0 Å². The van der Waals surface area contributed by atoms with Gasteiger partial charge in [0.05, 0.1) is 17.6 Å². The van der Waals surface area contributed by atoms with Gasteiger partial charge in [-0.15, -0.1) is 0 Å². The first-order valence-electron chi connectivity index (χ1n) is 7.68. The van der Waals surface area contributed by atoms with Crippen LogP contribution in [0.5, 0.6) is 5.75 Å². The van der Waals surface area contributed by atoms with Crippen LogP contribution in [0, 0.1) is 0 Å². The molecule has 0 aliphatic rings. The summed E-state index contributed by atoms with van der Waals surface area (Å²) in [5.41, 5.74) is 1.92. The zero-order valence-corrected chi connectivity index (χ0v) is 13.8. The van der Waals surface area contributed by atoms with Crippen molar-refractivity contribution in [2.75, 3.05) is 13.2 Å². The van der Waals surface area contributed by atoms with Crippen molar-refractivity contribution >= 4 is 22.6 Å². The molecular formula is C18H19ClN2O2. The van der Waals surface area contributed by atoms with Gasteiger partial charge in [-0.25, -0.2) is 4.98 Å². The molecule has 4 nitrogen and oxygen atoms in total. The van der Waals surface area contributed by atoms with Crippen LogP contribution in [0.25, 0.3) is 11.0 Å². The molecule has 0 saturated heterocycles. The number of imidazole rings is 1. The summed E-state index contributed by atoms with van der Waals surface area (Å²) in [6.45, 7) is 4.48. The highest BCUT2D eigenvalue weighted by atomic mass is 35.5. The number of rotatable bonds is 7. The Balaban J connectivity index is 1.85. The number of aromatic nitrogens is 2. The van der Waals surface area contributed by atoms with Crippen molar-refractivity contribution < 1.29 is 9.47 Å². The highest BCUT2D eigenvalue weighted by Crippen LogP contribution is 2.22. The smallest absolute Gasteiger partial charge is 0.148 e. The molecule has 23 heavy (non-hydrogen) atoms. The molecule has 3 aromatic rings. The number of nitrogens with zero attached hydrogens (tertiary/aromatic N) is 2. The molecule has 0 atom stereocenters. The molecule has 120 valence electrons. The van der Waals surface area contributed by atoms with Crippen LogP contribution in [0.1, 0.15) is 12.7 Å². The number of halogens is 1. The van der Waals surface area contributed by atoms with Crippen molar-refractivity contribution in [2.45, 2.75) is 20.1 Å². The SMILES string of the molecule is CCOCCn1c(COc2ccccc2)nc2cc(Cl)ccc21. The second kappa shape index (κ2) is 7.49. The van der Waals surface area contributed by atoms with E-state index in [1.165, 1.54) is 0 Å². The van der Waals surface area contributed by atoms with Crippen molar-refractivity contribution in [3.63, 3.8) is 0 Å². The van der Waals surface area contributed by atoms with E-state index >= 15 is 0 Å². The predicted molar refractivity (Wildman–Crippen MR) is 92.0 cm³/mol. The van der Waals surface area contributed by atoms with Crippen LogP contribution < -0.4 is 4.74 Å². The average molecular weight is 331 g/mol. The minimum atomic E-state index is 0.405. The highest BCUT2D eigenvalue weighted by Gasteiger charge is 2.11. The third-order valence-corrected chi connectivity index (χ3v) is 3.80. The average Bonchev–Trinajstić information content (AvgIpc) is 2.91. The molecule has 0 aliphatic heterocycles. The Morgan fingerprint density at radius 3 is 2.74 bits per heavy atom. The van der Waals surface area contributed by atoms with Crippen LogP contribution in [-0.2, 0) is 17.9 Å². The minimum Gasteiger partial charge on any atom is -0.486 e. The largest absolute Gasteiger partial charge is 0.486 e. The van der Waals surface area contributed by atoms with Crippen LogP contribution in [0.3, 0.4) is 0 Å². The summed E-state index contributed by atoms with van der Waals surface area (Å²) in [6.07, 6.45) is 0. The molecule has 1 heterocycles. The molecule has 0 N–H and O–H groups in total. The summed E-state index contributed by atoms with van der Waals surface area (Å²) in [5, 5.41) is 0.683. The number of hydrogen-bond acceptors (Lipinski definition) is 3. The standard InChI is InChI=1S/C18H19ClN2O2/c1-2-22-11-10-21-17-9-8-14(19)12-16(17)20-18(21)13-23-15-6-4-3-5-7-15/h3-9,12H,2,10-11,13H2,1H3. The van der Waals surface area contributed by atoms with E-state index in [0.717, 1.165) is 29.2 Å². The monoisotopic (exact) mass is 330 g/mol. The fourth-order valence-corrected chi connectivity index (χ4v) is 2.64. The molecule has 5 heteroatoms. The summed E-state index contributed by atoms with van der Waals surface area (Å²) in [4.78, 5) is 4.67. The van der Waals surface area contributed by atoms with Gasteiger partial charge in [0.2, 0.25) is 0 Å². The molecule has 3 rings (SSSR count). The Kier molecular flexibility index (Phi) is 5.16. The second-order valence-corrected chi connectivity index (χ2v) is 5.55. The molecule has 0 radical (unpaired) electrons. The number of fused-ring (bicyclic) bond motifs is 1. The molecular weight excluding hydrogens is 312 g/mol. The van der Waals surface area contributed by atoms with Crippen molar-refractivity contribution in [3.8, 4) is 5.75 Å². The Morgan fingerprint density at radius 1 is 1.13 bits per heavy atom. The van der Waals surface area contributed by atoms with E-state index in [-0.39, 0.29) is 0 Å². The quantitative estimate of drug-likeness (QED) is 0.606. The molecule has 0 spiro atoms. The summed E-state index contributed by atoms with van der Waals surface area (Å²) in [7, 11) is 0. The fraction of sp³-hybridized carbons (Fsp3) is 0.278. The van der Waals surface area contributed by atoms with E-state index in [1.807, 2.05) is 55.5 Å². The number of para-hydroxylation sites is 1.